The van der Waals surface area contributed by atoms with E-state index in [0.29, 0.717) is 0 Å². The molecule has 1 fully saturated rings. The van der Waals surface area contributed by atoms with Crippen LogP contribution in [0.1, 0.15) is 0 Å². The Hall–Kier alpha value is -0.480. The van der Waals surface area contributed by atoms with Gasteiger partial charge in [-0.3, -0.25) is 3.83 Å². The van der Waals surface area contributed by atoms with Crippen molar-refractivity contribution < 1.29 is 29.0 Å². The molecule has 2 heterocycles. The average Bonchev–Trinajstić information content (AvgIpc) is 2.96. The molecule has 1 saturated heterocycles. The first-order valence-corrected chi connectivity index (χ1v) is 5.92. The summed E-state index contributed by atoms with van der Waals surface area (Å²) in [5.74, 6) is 0. The summed E-state index contributed by atoms with van der Waals surface area (Å²) in [6.45, 7) is -0.461. The van der Waals surface area contributed by atoms with E-state index in [9.17, 15) is 15.3 Å². The van der Waals surface area contributed by atoms with Gasteiger partial charge in [0.05, 0.1) is 6.61 Å². The highest BCUT2D eigenvalue weighted by Gasteiger charge is 2.43. The summed E-state index contributed by atoms with van der Waals surface area (Å²) in [7, 11) is 0. The Morgan fingerprint density at radius 3 is 2.11 bits per heavy atom. The third kappa shape index (κ3) is 4.02. The summed E-state index contributed by atoms with van der Waals surface area (Å²) in [5.41, 5.74) is 0. The van der Waals surface area contributed by atoms with Crippen molar-refractivity contribution in [2.45, 2.75) is 30.7 Å². The lowest BCUT2D eigenvalue weighted by Crippen LogP contribution is -2.58. The fraction of sp³-hybridized carbons (Fsp3) is 0.600. The van der Waals surface area contributed by atoms with Gasteiger partial charge in [0, 0.05) is 12.4 Å². The van der Waals surface area contributed by atoms with Crippen molar-refractivity contribution in [2.75, 3.05) is 6.61 Å². The monoisotopic (exact) mass is 325 g/mol. The quantitative estimate of drug-likeness (QED) is 0.482. The highest BCUT2D eigenvalue weighted by Crippen LogP contribution is 2.22. The van der Waals surface area contributed by atoms with Gasteiger partial charge in [-0.25, -0.2) is 0 Å². The van der Waals surface area contributed by atoms with Gasteiger partial charge in [-0.05, 0) is 12.1 Å². The van der Waals surface area contributed by atoms with Crippen molar-refractivity contribution in [3.63, 3.8) is 0 Å². The first-order chi connectivity index (χ1) is 8.61. The number of H-pyrrole nitrogens is 1. The molecule has 104 valence electrons. The van der Waals surface area contributed by atoms with Crippen LogP contribution in [0.25, 0.3) is 0 Å². The SMILES string of the molecule is OC[C@H]1OC(OBr)[C@H](O)[C@@H](O)[C@@H]1O.c1cc[nH]c1. The zero-order chi connectivity index (χ0) is 13.5. The summed E-state index contributed by atoms with van der Waals surface area (Å²) < 4.78 is 9.41. The van der Waals surface area contributed by atoms with E-state index in [2.05, 4.69) is 25.1 Å². The molecule has 0 radical (unpaired) electrons. The van der Waals surface area contributed by atoms with E-state index in [4.69, 9.17) is 9.84 Å². The van der Waals surface area contributed by atoms with Gasteiger partial charge in [0.15, 0.2) is 6.29 Å². The maximum atomic E-state index is 9.26. The van der Waals surface area contributed by atoms with Crippen LogP contribution in [0.5, 0.6) is 0 Å². The van der Waals surface area contributed by atoms with E-state index in [0.717, 1.165) is 0 Å². The van der Waals surface area contributed by atoms with E-state index in [-0.39, 0.29) is 0 Å². The standard InChI is InChI=1S/C6H11BrO6.C4H5N/c7-13-6-5(11)4(10)3(9)2(1-8)12-6;1-2-4-5-3-1/h2-6,8-11H,1H2;1-5H/t2-,3-,4+,5-,6?;/m1./s1. The number of aliphatic hydroxyl groups is 4. The lowest BCUT2D eigenvalue weighted by Gasteiger charge is -2.38. The number of hydrogen-bond donors (Lipinski definition) is 5. The van der Waals surface area contributed by atoms with Gasteiger partial charge >= 0.3 is 0 Å². The predicted molar refractivity (Wildman–Crippen MR) is 64.6 cm³/mol. The molecule has 5 N–H and O–H groups in total. The van der Waals surface area contributed by atoms with Gasteiger partial charge in [-0.2, -0.15) is 0 Å². The molecule has 0 spiro atoms. The Balaban J connectivity index is 0.000000269. The van der Waals surface area contributed by atoms with E-state index in [1.165, 1.54) is 0 Å². The molecule has 1 aliphatic heterocycles. The van der Waals surface area contributed by atoms with Gasteiger partial charge in [-0.15, -0.1) is 0 Å². The number of ether oxygens (including phenoxy) is 1. The Bertz CT molecular complexity index is 274. The molecule has 0 saturated carbocycles. The maximum Gasteiger partial charge on any atom is 0.199 e. The molecule has 0 bridgehead atoms. The summed E-state index contributed by atoms with van der Waals surface area (Å²) in [4.78, 5) is 2.86. The highest BCUT2D eigenvalue weighted by molar-refractivity contribution is 9.06. The number of hydrogen-bond acceptors (Lipinski definition) is 6. The summed E-state index contributed by atoms with van der Waals surface area (Å²) in [5, 5.41) is 36.5. The molecular weight excluding hydrogens is 310 g/mol. The van der Waals surface area contributed by atoms with Gasteiger partial charge in [0.25, 0.3) is 0 Å². The minimum atomic E-state index is -1.39. The Morgan fingerprint density at radius 2 is 1.72 bits per heavy atom. The molecule has 0 amide bonds. The minimum absolute atomic E-state index is 0.461. The molecule has 0 aliphatic carbocycles. The Labute approximate surface area is 112 Å². The van der Waals surface area contributed by atoms with Gasteiger partial charge < -0.3 is 30.1 Å². The van der Waals surface area contributed by atoms with Crippen molar-refractivity contribution in [3.8, 4) is 0 Å². The van der Waals surface area contributed by atoms with E-state index in [1.54, 1.807) is 0 Å². The zero-order valence-corrected chi connectivity index (χ0v) is 11.0. The largest absolute Gasteiger partial charge is 0.394 e. The van der Waals surface area contributed by atoms with Crippen molar-refractivity contribution >= 4 is 16.3 Å². The molecule has 1 aromatic heterocycles. The van der Waals surface area contributed by atoms with Crippen molar-refractivity contribution in [2.24, 2.45) is 0 Å². The molecule has 1 aromatic rings. The number of nitrogens with one attached hydrogen (secondary N) is 1. The zero-order valence-electron chi connectivity index (χ0n) is 9.39. The van der Waals surface area contributed by atoms with Crippen LogP contribution in [0.2, 0.25) is 0 Å². The third-order valence-corrected chi connectivity index (χ3v) is 2.80. The molecule has 7 nitrogen and oxygen atoms in total. The van der Waals surface area contributed by atoms with Gasteiger partial charge in [-0.1, -0.05) is 0 Å². The lowest BCUT2D eigenvalue weighted by atomic mass is 10.00. The molecule has 2 rings (SSSR count). The first-order valence-electron chi connectivity index (χ1n) is 5.27. The van der Waals surface area contributed by atoms with Crippen LogP contribution in [-0.2, 0) is 8.57 Å². The van der Waals surface area contributed by atoms with Crippen LogP contribution >= 0.6 is 16.3 Å². The summed E-state index contributed by atoms with van der Waals surface area (Å²) >= 11 is 2.60. The second-order valence-electron chi connectivity index (χ2n) is 3.67. The number of aliphatic hydroxyl groups excluding tert-OH is 4. The normalized spacial score (nSPS) is 35.7. The second kappa shape index (κ2) is 7.85. The van der Waals surface area contributed by atoms with Gasteiger partial charge in [0.1, 0.15) is 40.7 Å². The summed E-state index contributed by atoms with van der Waals surface area (Å²) in [6, 6.07) is 3.89. The third-order valence-electron chi connectivity index (χ3n) is 2.43. The average molecular weight is 326 g/mol. The molecule has 1 unspecified atom stereocenters. The van der Waals surface area contributed by atoms with Crippen LogP contribution in [0.4, 0.5) is 0 Å². The molecule has 8 heteroatoms. The second-order valence-corrected chi connectivity index (χ2v) is 4.05. The first kappa shape index (κ1) is 15.6. The number of halogens is 1. The Morgan fingerprint density at radius 1 is 1.11 bits per heavy atom. The lowest BCUT2D eigenvalue weighted by molar-refractivity contribution is -0.272. The number of aromatic amines is 1. The molecule has 1 aliphatic rings. The highest BCUT2D eigenvalue weighted by atomic mass is 79.9. The van der Waals surface area contributed by atoms with Crippen molar-refractivity contribution in [1.82, 2.24) is 4.98 Å². The van der Waals surface area contributed by atoms with E-state index in [1.807, 2.05) is 24.5 Å². The summed E-state index contributed by atoms with van der Waals surface area (Å²) in [6.07, 6.45) is -2.37. The molecule has 5 atom stereocenters. The van der Waals surface area contributed by atoms with Crippen LogP contribution in [0.3, 0.4) is 0 Å². The molecule has 18 heavy (non-hydrogen) atoms. The fourth-order valence-corrected chi connectivity index (χ4v) is 1.73. The van der Waals surface area contributed by atoms with Gasteiger partial charge in [0.2, 0.25) is 0 Å². The molecular formula is C10H16BrNO6. The Kier molecular flexibility index (Phi) is 6.79. The number of aromatic nitrogens is 1. The van der Waals surface area contributed by atoms with E-state index < -0.39 is 37.3 Å². The number of rotatable bonds is 2. The van der Waals surface area contributed by atoms with Crippen molar-refractivity contribution in [3.05, 3.63) is 24.5 Å². The van der Waals surface area contributed by atoms with Crippen LogP contribution < -0.4 is 0 Å². The van der Waals surface area contributed by atoms with Crippen LogP contribution in [-0.4, -0.2) is 62.7 Å². The molecule has 0 aromatic carbocycles. The van der Waals surface area contributed by atoms with Crippen LogP contribution in [0, 0.1) is 0 Å². The topological polar surface area (TPSA) is 115 Å². The predicted octanol–water partition coefficient (Wildman–Crippen LogP) is -0.873. The van der Waals surface area contributed by atoms with E-state index >= 15 is 0 Å². The smallest absolute Gasteiger partial charge is 0.199 e. The minimum Gasteiger partial charge on any atom is -0.394 e. The van der Waals surface area contributed by atoms with Crippen LogP contribution in [0.15, 0.2) is 24.5 Å². The van der Waals surface area contributed by atoms with Crippen molar-refractivity contribution in [1.29, 1.82) is 0 Å². The fourth-order valence-electron chi connectivity index (χ4n) is 1.42. The maximum absolute atomic E-state index is 9.26.